The lowest BCUT2D eigenvalue weighted by atomic mass is 9.98. The molecule has 0 heterocycles. The van der Waals surface area contributed by atoms with Crippen LogP contribution in [0.1, 0.15) is 21.5 Å². The molecule has 0 fully saturated rings. The Kier molecular flexibility index (Phi) is 3.59. The second-order valence-corrected chi connectivity index (χ2v) is 6.26. The van der Waals surface area contributed by atoms with Gasteiger partial charge in [0.2, 0.25) is 0 Å². The number of carbonyl (C=O) groups excluding carboxylic acids is 1. The van der Waals surface area contributed by atoms with Crippen molar-refractivity contribution < 1.29 is 9.53 Å². The molecule has 2 aromatic carbocycles. The van der Waals surface area contributed by atoms with Gasteiger partial charge in [-0.3, -0.25) is 4.79 Å². The highest BCUT2D eigenvalue weighted by molar-refractivity contribution is 9.10. The largest absolute Gasteiger partial charge is 0.496 e. The molecule has 0 radical (unpaired) electrons. The van der Waals surface area contributed by atoms with Crippen molar-refractivity contribution >= 4 is 21.7 Å². The summed E-state index contributed by atoms with van der Waals surface area (Å²) in [7, 11) is 5.68. The van der Waals surface area contributed by atoms with E-state index in [9.17, 15) is 4.79 Å². The summed E-state index contributed by atoms with van der Waals surface area (Å²) in [5, 5.41) is 0. The van der Waals surface area contributed by atoms with Gasteiger partial charge in [-0.1, -0.05) is 24.3 Å². The number of hydrogen-bond acceptors (Lipinski definition) is 3. The number of carbonyl (C=O) groups is 1. The third-order valence-corrected chi connectivity index (χ3v) is 4.33. The molecule has 0 unspecified atom stereocenters. The van der Waals surface area contributed by atoms with Crippen molar-refractivity contribution in [1.82, 2.24) is 4.90 Å². The van der Waals surface area contributed by atoms with Crippen LogP contribution in [-0.2, 0) is 6.54 Å². The Morgan fingerprint density at radius 3 is 2.43 bits per heavy atom. The summed E-state index contributed by atoms with van der Waals surface area (Å²) in [4.78, 5) is 14.7. The fraction of sp³-hybridized carbons (Fsp3) is 0.235. The molecule has 21 heavy (non-hydrogen) atoms. The van der Waals surface area contributed by atoms with Crippen LogP contribution in [0, 0.1) is 0 Å². The molecule has 2 aromatic rings. The van der Waals surface area contributed by atoms with Crippen LogP contribution in [0.5, 0.6) is 5.75 Å². The maximum absolute atomic E-state index is 12.7. The van der Waals surface area contributed by atoms with Gasteiger partial charge < -0.3 is 9.64 Å². The Hall–Kier alpha value is -1.65. The molecule has 4 heteroatoms. The van der Waals surface area contributed by atoms with E-state index in [1.807, 2.05) is 44.4 Å². The van der Waals surface area contributed by atoms with Crippen LogP contribution in [0.4, 0.5) is 0 Å². The van der Waals surface area contributed by atoms with Crippen LogP contribution in [0.15, 0.2) is 34.8 Å². The molecule has 0 amide bonds. The highest BCUT2D eigenvalue weighted by atomic mass is 79.9. The van der Waals surface area contributed by atoms with Gasteiger partial charge >= 0.3 is 0 Å². The normalized spacial score (nSPS) is 12.5. The molecular weight excluding hydrogens is 330 g/mol. The van der Waals surface area contributed by atoms with Crippen molar-refractivity contribution in [2.45, 2.75) is 6.54 Å². The van der Waals surface area contributed by atoms with Gasteiger partial charge in [-0.25, -0.2) is 0 Å². The summed E-state index contributed by atoms with van der Waals surface area (Å²) in [5.74, 6) is 0.883. The predicted octanol–water partition coefficient (Wildman–Crippen LogP) is 3.73. The molecule has 0 bridgehead atoms. The Bertz CT molecular complexity index is 738. The zero-order valence-corrected chi connectivity index (χ0v) is 13.8. The molecule has 1 aliphatic carbocycles. The van der Waals surface area contributed by atoms with Crippen molar-refractivity contribution in [3.63, 3.8) is 0 Å². The third kappa shape index (κ3) is 2.19. The number of ketones is 1. The fourth-order valence-corrected chi connectivity index (χ4v) is 3.46. The van der Waals surface area contributed by atoms with Gasteiger partial charge in [0.1, 0.15) is 5.75 Å². The quantitative estimate of drug-likeness (QED) is 0.724. The summed E-state index contributed by atoms with van der Waals surface area (Å²) in [5.41, 5.74) is 4.55. The second kappa shape index (κ2) is 5.28. The first-order valence-electron chi connectivity index (χ1n) is 6.72. The highest BCUT2D eigenvalue weighted by Gasteiger charge is 2.32. The van der Waals surface area contributed by atoms with Gasteiger partial charge in [0.15, 0.2) is 5.78 Å². The standard InChI is InChI=1S/C17H16BrNO2/c1-19(2)9-12-14(21-3)8-13(18)16-15(12)10-6-4-5-7-11(10)17(16)20/h4-8H,9H2,1-3H3. The van der Waals surface area contributed by atoms with Crippen molar-refractivity contribution in [2.75, 3.05) is 21.2 Å². The number of hydrogen-bond donors (Lipinski definition) is 0. The van der Waals surface area contributed by atoms with Gasteiger partial charge in [-0.05, 0) is 41.7 Å². The Labute approximate surface area is 132 Å². The van der Waals surface area contributed by atoms with E-state index in [0.29, 0.717) is 0 Å². The number of halogens is 1. The van der Waals surface area contributed by atoms with Crippen LogP contribution in [0.25, 0.3) is 11.1 Å². The molecular formula is C17H16BrNO2. The molecule has 0 aliphatic heterocycles. The minimum absolute atomic E-state index is 0.0788. The molecule has 0 aromatic heterocycles. The van der Waals surface area contributed by atoms with Gasteiger partial charge in [0.25, 0.3) is 0 Å². The number of ether oxygens (including phenoxy) is 1. The number of fused-ring (bicyclic) bond motifs is 3. The average molecular weight is 346 g/mol. The van der Waals surface area contributed by atoms with Crippen LogP contribution < -0.4 is 4.74 Å². The monoisotopic (exact) mass is 345 g/mol. The Balaban J connectivity index is 2.36. The zero-order valence-electron chi connectivity index (χ0n) is 12.2. The second-order valence-electron chi connectivity index (χ2n) is 5.40. The van der Waals surface area contributed by atoms with E-state index in [0.717, 1.165) is 44.6 Å². The molecule has 0 atom stereocenters. The summed E-state index contributed by atoms with van der Waals surface area (Å²) >= 11 is 3.52. The topological polar surface area (TPSA) is 29.5 Å². The first-order valence-corrected chi connectivity index (χ1v) is 7.52. The lowest BCUT2D eigenvalue weighted by Gasteiger charge is -2.18. The van der Waals surface area contributed by atoms with Crippen LogP contribution in [0.3, 0.4) is 0 Å². The summed E-state index contributed by atoms with van der Waals surface area (Å²) in [6.07, 6.45) is 0. The number of benzene rings is 2. The van der Waals surface area contributed by atoms with Crippen molar-refractivity contribution in [3.05, 3.63) is 51.5 Å². The van der Waals surface area contributed by atoms with E-state index >= 15 is 0 Å². The lowest BCUT2D eigenvalue weighted by Crippen LogP contribution is -2.13. The van der Waals surface area contributed by atoms with Crippen molar-refractivity contribution in [1.29, 1.82) is 0 Å². The molecule has 0 N–H and O–H groups in total. The first kappa shape index (κ1) is 14.3. The van der Waals surface area contributed by atoms with Gasteiger partial charge in [0.05, 0.1) is 7.11 Å². The summed E-state index contributed by atoms with van der Waals surface area (Å²) in [6.45, 7) is 0.723. The van der Waals surface area contributed by atoms with E-state index in [2.05, 4.69) is 20.8 Å². The average Bonchev–Trinajstić information content (AvgIpc) is 2.76. The predicted molar refractivity (Wildman–Crippen MR) is 87.0 cm³/mol. The smallest absolute Gasteiger partial charge is 0.195 e. The minimum atomic E-state index is 0.0788. The van der Waals surface area contributed by atoms with E-state index in [-0.39, 0.29) is 5.78 Å². The number of methoxy groups -OCH3 is 1. The number of rotatable bonds is 3. The maximum atomic E-state index is 12.7. The van der Waals surface area contributed by atoms with Gasteiger partial charge in [-0.15, -0.1) is 0 Å². The van der Waals surface area contributed by atoms with Crippen LogP contribution >= 0.6 is 15.9 Å². The summed E-state index contributed by atoms with van der Waals surface area (Å²) in [6, 6.07) is 9.65. The minimum Gasteiger partial charge on any atom is -0.496 e. The van der Waals surface area contributed by atoms with E-state index in [4.69, 9.17) is 4.74 Å². The van der Waals surface area contributed by atoms with E-state index < -0.39 is 0 Å². The van der Waals surface area contributed by atoms with E-state index in [1.54, 1.807) is 7.11 Å². The lowest BCUT2D eigenvalue weighted by molar-refractivity contribution is 0.104. The molecule has 3 rings (SSSR count). The van der Waals surface area contributed by atoms with Crippen molar-refractivity contribution in [3.8, 4) is 16.9 Å². The molecule has 1 aliphatic rings. The van der Waals surface area contributed by atoms with Gasteiger partial charge in [-0.2, -0.15) is 0 Å². The summed E-state index contributed by atoms with van der Waals surface area (Å²) < 4.78 is 6.32. The highest BCUT2D eigenvalue weighted by Crippen LogP contribution is 2.46. The molecule has 0 saturated carbocycles. The molecule has 0 saturated heterocycles. The molecule has 108 valence electrons. The molecule has 3 nitrogen and oxygen atoms in total. The fourth-order valence-electron chi connectivity index (χ4n) is 2.88. The first-order chi connectivity index (χ1) is 10.0. The Morgan fingerprint density at radius 1 is 1.14 bits per heavy atom. The third-order valence-electron chi connectivity index (χ3n) is 3.71. The van der Waals surface area contributed by atoms with E-state index in [1.165, 1.54) is 0 Å². The van der Waals surface area contributed by atoms with Gasteiger partial charge in [0, 0.05) is 33.3 Å². The Morgan fingerprint density at radius 2 is 1.81 bits per heavy atom. The zero-order chi connectivity index (χ0) is 15.1. The van der Waals surface area contributed by atoms with Crippen molar-refractivity contribution in [2.24, 2.45) is 0 Å². The number of nitrogens with zero attached hydrogens (tertiary/aromatic N) is 1. The molecule has 0 spiro atoms. The van der Waals surface area contributed by atoms with Crippen LogP contribution in [0.2, 0.25) is 0 Å². The SMILES string of the molecule is COc1cc(Br)c2c(c1CN(C)C)-c1ccccc1C2=O. The maximum Gasteiger partial charge on any atom is 0.195 e. The van der Waals surface area contributed by atoms with Crippen LogP contribution in [-0.4, -0.2) is 31.9 Å².